The van der Waals surface area contributed by atoms with Gasteiger partial charge in [-0.05, 0) is 65.1 Å². The van der Waals surface area contributed by atoms with Crippen LogP contribution in [0.1, 0.15) is 62.4 Å². The summed E-state index contributed by atoms with van der Waals surface area (Å²) in [5.41, 5.74) is 8.40. The van der Waals surface area contributed by atoms with Gasteiger partial charge in [-0.3, -0.25) is 0 Å². The number of nitrogens with two attached hydrogens (primary N) is 1. The van der Waals surface area contributed by atoms with E-state index in [0.29, 0.717) is 5.41 Å². The Balaban J connectivity index is 2.28. The van der Waals surface area contributed by atoms with Crippen molar-refractivity contribution in [2.45, 2.75) is 58.9 Å². The largest absolute Gasteiger partial charge is 0.323 e. The molecular formula is C15H24BrNS. The summed E-state index contributed by atoms with van der Waals surface area (Å²) >= 11 is 5.40. The molecule has 1 atom stereocenters. The molecule has 1 saturated carbocycles. The van der Waals surface area contributed by atoms with Crippen LogP contribution in [0.5, 0.6) is 0 Å². The van der Waals surface area contributed by atoms with Crippen LogP contribution in [0.2, 0.25) is 0 Å². The van der Waals surface area contributed by atoms with E-state index in [1.54, 1.807) is 0 Å². The maximum atomic E-state index is 6.68. The molecular weight excluding hydrogens is 306 g/mol. The van der Waals surface area contributed by atoms with Gasteiger partial charge in [-0.1, -0.05) is 26.7 Å². The Morgan fingerprint density at radius 1 is 1.39 bits per heavy atom. The second kappa shape index (κ2) is 5.64. The van der Waals surface area contributed by atoms with Crippen molar-refractivity contribution < 1.29 is 0 Å². The molecule has 0 aromatic carbocycles. The zero-order valence-electron chi connectivity index (χ0n) is 11.6. The first-order valence-corrected chi connectivity index (χ1v) is 8.57. The Labute approximate surface area is 123 Å². The van der Waals surface area contributed by atoms with Gasteiger partial charge in [-0.15, -0.1) is 11.3 Å². The molecule has 0 aliphatic heterocycles. The highest BCUT2D eigenvalue weighted by Crippen LogP contribution is 2.52. The van der Waals surface area contributed by atoms with Crippen LogP contribution in [-0.2, 0) is 0 Å². The van der Waals surface area contributed by atoms with Crippen LogP contribution >= 0.6 is 27.3 Å². The molecule has 102 valence electrons. The summed E-state index contributed by atoms with van der Waals surface area (Å²) in [5.74, 6) is 0.733. The maximum absolute atomic E-state index is 6.68. The molecule has 2 rings (SSSR count). The molecule has 1 aromatic rings. The van der Waals surface area contributed by atoms with Crippen molar-refractivity contribution in [2.75, 3.05) is 0 Å². The van der Waals surface area contributed by atoms with Crippen molar-refractivity contribution in [3.05, 3.63) is 20.3 Å². The highest BCUT2D eigenvalue weighted by atomic mass is 79.9. The van der Waals surface area contributed by atoms with E-state index >= 15 is 0 Å². The minimum atomic E-state index is 0.213. The quantitative estimate of drug-likeness (QED) is 0.783. The van der Waals surface area contributed by atoms with Gasteiger partial charge >= 0.3 is 0 Å². The van der Waals surface area contributed by atoms with Crippen molar-refractivity contribution in [1.29, 1.82) is 0 Å². The topological polar surface area (TPSA) is 26.0 Å². The third-order valence-corrected chi connectivity index (χ3v) is 5.90. The van der Waals surface area contributed by atoms with Crippen LogP contribution in [0.15, 0.2) is 9.85 Å². The maximum Gasteiger partial charge on any atom is 0.0704 e. The zero-order chi connectivity index (χ0) is 13.3. The summed E-state index contributed by atoms with van der Waals surface area (Å²) in [6, 6.07) is 2.45. The van der Waals surface area contributed by atoms with Crippen LogP contribution in [0.25, 0.3) is 0 Å². The Kier molecular flexibility index (Phi) is 4.56. The van der Waals surface area contributed by atoms with Gasteiger partial charge in [0.25, 0.3) is 0 Å². The van der Waals surface area contributed by atoms with Gasteiger partial charge < -0.3 is 5.73 Å². The molecule has 0 saturated heterocycles. The predicted octanol–water partition coefficient (Wildman–Crippen LogP) is 5.43. The van der Waals surface area contributed by atoms with Crippen molar-refractivity contribution in [1.82, 2.24) is 0 Å². The number of thiophene rings is 1. The molecule has 1 heterocycles. The molecule has 0 amide bonds. The first kappa shape index (κ1) is 14.5. The van der Waals surface area contributed by atoms with Gasteiger partial charge in [0.2, 0.25) is 0 Å². The number of aryl methyl sites for hydroxylation is 1. The minimum absolute atomic E-state index is 0.213. The van der Waals surface area contributed by atoms with Gasteiger partial charge in [0, 0.05) is 10.9 Å². The highest BCUT2D eigenvalue weighted by Gasteiger charge is 2.41. The number of hydrogen-bond donors (Lipinski definition) is 1. The Morgan fingerprint density at radius 3 is 2.44 bits per heavy atom. The van der Waals surface area contributed by atoms with E-state index in [1.807, 2.05) is 11.3 Å². The number of hydrogen-bond acceptors (Lipinski definition) is 2. The summed E-state index contributed by atoms with van der Waals surface area (Å²) in [4.78, 5) is 1.38. The smallest absolute Gasteiger partial charge is 0.0704 e. The van der Waals surface area contributed by atoms with E-state index < -0.39 is 0 Å². The van der Waals surface area contributed by atoms with E-state index in [0.717, 1.165) is 5.92 Å². The molecule has 18 heavy (non-hydrogen) atoms. The molecule has 1 aliphatic rings. The number of rotatable bonds is 4. The monoisotopic (exact) mass is 329 g/mol. The molecule has 3 heteroatoms. The highest BCUT2D eigenvalue weighted by molar-refractivity contribution is 9.11. The fourth-order valence-corrected chi connectivity index (χ4v) is 5.39. The Morgan fingerprint density at radius 2 is 2.00 bits per heavy atom. The van der Waals surface area contributed by atoms with E-state index in [-0.39, 0.29) is 6.04 Å². The first-order valence-electron chi connectivity index (χ1n) is 6.96. The lowest BCUT2D eigenvalue weighted by molar-refractivity contribution is 0.183. The van der Waals surface area contributed by atoms with Crippen LogP contribution in [-0.4, -0.2) is 0 Å². The molecule has 0 radical (unpaired) electrons. The summed E-state index contributed by atoms with van der Waals surface area (Å²) in [6.45, 7) is 6.84. The fourth-order valence-electron chi connectivity index (χ4n) is 3.63. The molecule has 2 N–H and O–H groups in total. The summed E-state index contributed by atoms with van der Waals surface area (Å²) in [5, 5.41) is 0. The summed E-state index contributed by atoms with van der Waals surface area (Å²) < 4.78 is 1.21. The third kappa shape index (κ3) is 2.83. The third-order valence-electron chi connectivity index (χ3n) is 4.34. The average molecular weight is 330 g/mol. The molecule has 1 aromatic heterocycles. The van der Waals surface area contributed by atoms with Crippen molar-refractivity contribution in [2.24, 2.45) is 17.1 Å². The Hall–Kier alpha value is 0.140. The second-order valence-electron chi connectivity index (χ2n) is 6.21. The molecule has 1 nitrogen and oxygen atoms in total. The van der Waals surface area contributed by atoms with E-state index in [1.165, 1.54) is 46.3 Å². The fraction of sp³-hybridized carbons (Fsp3) is 0.733. The lowest BCUT2D eigenvalue weighted by Crippen LogP contribution is -2.33. The minimum Gasteiger partial charge on any atom is -0.323 e. The predicted molar refractivity (Wildman–Crippen MR) is 84.0 cm³/mol. The number of halogens is 1. The van der Waals surface area contributed by atoms with Gasteiger partial charge in [0.1, 0.15) is 0 Å². The van der Waals surface area contributed by atoms with Crippen molar-refractivity contribution >= 4 is 27.3 Å². The van der Waals surface area contributed by atoms with Gasteiger partial charge in [-0.25, -0.2) is 0 Å². The van der Waals surface area contributed by atoms with Crippen molar-refractivity contribution in [3.8, 4) is 0 Å². The molecule has 1 fully saturated rings. The zero-order valence-corrected chi connectivity index (χ0v) is 14.0. The van der Waals surface area contributed by atoms with E-state index in [2.05, 4.69) is 42.8 Å². The van der Waals surface area contributed by atoms with Gasteiger partial charge in [0.15, 0.2) is 0 Å². The van der Waals surface area contributed by atoms with Crippen LogP contribution in [0, 0.1) is 18.3 Å². The van der Waals surface area contributed by atoms with Gasteiger partial charge in [-0.2, -0.15) is 0 Å². The lowest BCUT2D eigenvalue weighted by Gasteiger charge is -2.37. The molecule has 1 unspecified atom stereocenters. The van der Waals surface area contributed by atoms with Crippen LogP contribution < -0.4 is 5.73 Å². The molecule has 0 bridgehead atoms. The average Bonchev–Trinajstić information content (AvgIpc) is 2.84. The van der Waals surface area contributed by atoms with E-state index in [4.69, 9.17) is 5.73 Å². The first-order chi connectivity index (χ1) is 8.44. The van der Waals surface area contributed by atoms with Crippen LogP contribution in [0.4, 0.5) is 0 Å². The SMILES string of the molecule is Cc1sc(Br)cc1C(N)C1(CC(C)C)CCCC1. The molecule has 0 spiro atoms. The van der Waals surface area contributed by atoms with Crippen molar-refractivity contribution in [3.63, 3.8) is 0 Å². The lowest BCUT2D eigenvalue weighted by atomic mass is 9.71. The Bertz CT molecular complexity index is 405. The normalized spacial score (nSPS) is 20.6. The van der Waals surface area contributed by atoms with E-state index in [9.17, 15) is 0 Å². The second-order valence-corrected chi connectivity index (χ2v) is 8.84. The van der Waals surface area contributed by atoms with Crippen LogP contribution in [0.3, 0.4) is 0 Å². The standard InChI is InChI=1S/C15H24BrNS/c1-10(2)9-15(6-4-5-7-15)14(17)12-8-13(16)18-11(12)3/h8,10,14H,4-7,9,17H2,1-3H3. The summed E-state index contributed by atoms with van der Waals surface area (Å²) in [7, 11) is 0. The van der Waals surface area contributed by atoms with Gasteiger partial charge in [0.05, 0.1) is 3.79 Å². The summed E-state index contributed by atoms with van der Waals surface area (Å²) in [6.07, 6.45) is 6.58. The molecule has 1 aliphatic carbocycles.